The number of halogens is 1. The largest absolute Gasteiger partial charge is 0.348 e. The molecule has 0 radical (unpaired) electrons. The number of hydrogen-bond donors (Lipinski definition) is 2. The first-order chi connectivity index (χ1) is 11.7. The fraction of sp³-hybridized carbons (Fsp3) is 0.158. The summed E-state index contributed by atoms with van der Waals surface area (Å²) in [6.45, 7) is 0. The Labute approximate surface area is 145 Å². The molecule has 3 rings (SSSR count). The third-order valence-electron chi connectivity index (χ3n) is 3.82. The predicted octanol–water partition coefficient (Wildman–Crippen LogP) is 3.90. The van der Waals surface area contributed by atoms with Gasteiger partial charge in [-0.3, -0.25) is 4.79 Å². The number of aromatic nitrogens is 2. The van der Waals surface area contributed by atoms with Gasteiger partial charge in [0.2, 0.25) is 5.91 Å². The molecule has 24 heavy (non-hydrogen) atoms. The minimum atomic E-state index is -0.197. The van der Waals surface area contributed by atoms with Crippen LogP contribution in [0.1, 0.15) is 29.3 Å². The number of aryl methyl sites for hydroxylation is 1. The quantitative estimate of drug-likeness (QED) is 0.715. The second kappa shape index (κ2) is 7.79. The molecule has 3 aromatic rings. The third kappa shape index (κ3) is 4.24. The minimum absolute atomic E-state index is 0.00611. The van der Waals surface area contributed by atoms with E-state index in [1.165, 1.54) is 0 Å². The van der Waals surface area contributed by atoms with Gasteiger partial charge in [0.15, 0.2) is 0 Å². The smallest absolute Gasteiger partial charge is 0.221 e. The molecule has 0 aliphatic heterocycles. The molecular formula is C19H18ClN3O. The molecule has 0 fully saturated rings. The Kier molecular flexibility index (Phi) is 5.29. The molecule has 122 valence electrons. The molecule has 1 aromatic heterocycles. The number of amides is 1. The molecule has 1 amide bonds. The lowest BCUT2D eigenvalue weighted by molar-refractivity contribution is -0.121. The van der Waals surface area contributed by atoms with E-state index in [4.69, 9.17) is 11.6 Å². The van der Waals surface area contributed by atoms with Crippen LogP contribution in [0, 0.1) is 0 Å². The van der Waals surface area contributed by atoms with Crippen molar-refractivity contribution in [3.05, 3.63) is 89.0 Å². The van der Waals surface area contributed by atoms with Gasteiger partial charge in [0, 0.05) is 23.3 Å². The average molecular weight is 340 g/mol. The maximum atomic E-state index is 12.4. The summed E-state index contributed by atoms with van der Waals surface area (Å²) in [6, 6.07) is 17.3. The van der Waals surface area contributed by atoms with Crippen molar-refractivity contribution in [3.8, 4) is 0 Å². The molecule has 0 aliphatic rings. The monoisotopic (exact) mass is 339 g/mol. The summed E-state index contributed by atoms with van der Waals surface area (Å²) in [6.07, 6.45) is 4.39. The van der Waals surface area contributed by atoms with Gasteiger partial charge in [-0.15, -0.1) is 0 Å². The fourth-order valence-corrected chi connectivity index (χ4v) is 2.69. The van der Waals surface area contributed by atoms with Gasteiger partial charge in [-0.2, -0.15) is 0 Å². The molecule has 1 heterocycles. The highest BCUT2D eigenvalue weighted by molar-refractivity contribution is 6.30. The zero-order valence-corrected chi connectivity index (χ0v) is 13.8. The maximum Gasteiger partial charge on any atom is 0.221 e. The summed E-state index contributed by atoms with van der Waals surface area (Å²) in [4.78, 5) is 19.4. The molecule has 2 aromatic carbocycles. The number of aromatic amines is 1. The van der Waals surface area contributed by atoms with Gasteiger partial charge < -0.3 is 10.3 Å². The average Bonchev–Trinajstić information content (AvgIpc) is 3.13. The zero-order valence-electron chi connectivity index (χ0n) is 13.1. The van der Waals surface area contributed by atoms with Crippen LogP contribution in [0.4, 0.5) is 0 Å². The Morgan fingerprint density at radius 2 is 1.79 bits per heavy atom. The van der Waals surface area contributed by atoms with Crippen molar-refractivity contribution in [1.29, 1.82) is 0 Å². The Morgan fingerprint density at radius 3 is 2.46 bits per heavy atom. The highest BCUT2D eigenvalue weighted by Gasteiger charge is 2.16. The highest BCUT2D eigenvalue weighted by atomic mass is 35.5. The molecular weight excluding hydrogens is 322 g/mol. The molecule has 1 atom stereocenters. The van der Waals surface area contributed by atoms with E-state index in [2.05, 4.69) is 15.3 Å². The van der Waals surface area contributed by atoms with Crippen molar-refractivity contribution >= 4 is 17.5 Å². The summed E-state index contributed by atoms with van der Waals surface area (Å²) in [5, 5.41) is 3.79. The van der Waals surface area contributed by atoms with Crippen LogP contribution in [-0.4, -0.2) is 15.9 Å². The summed E-state index contributed by atoms with van der Waals surface area (Å²) >= 11 is 5.98. The summed E-state index contributed by atoms with van der Waals surface area (Å²) < 4.78 is 0. The van der Waals surface area contributed by atoms with Crippen molar-refractivity contribution in [2.24, 2.45) is 0 Å². The molecule has 0 unspecified atom stereocenters. The number of rotatable bonds is 6. The number of benzene rings is 2. The highest BCUT2D eigenvalue weighted by Crippen LogP contribution is 2.23. The van der Waals surface area contributed by atoms with Crippen LogP contribution in [0.25, 0.3) is 0 Å². The van der Waals surface area contributed by atoms with Crippen molar-refractivity contribution in [1.82, 2.24) is 15.3 Å². The van der Waals surface area contributed by atoms with Crippen molar-refractivity contribution in [2.45, 2.75) is 18.9 Å². The third-order valence-corrected chi connectivity index (χ3v) is 4.07. The standard InChI is InChI=1S/C19H18ClN3O/c20-16-8-6-15(7-9-16)19(14-4-2-1-3-5-14)23-18(24)11-10-17-12-21-13-22-17/h1-9,12-13,19H,10-11H2,(H,21,22)(H,23,24)/t19-/m1/s1. The zero-order chi connectivity index (χ0) is 16.8. The number of imidazole rings is 1. The molecule has 0 saturated heterocycles. The van der Waals surface area contributed by atoms with E-state index in [0.29, 0.717) is 17.9 Å². The van der Waals surface area contributed by atoms with Crippen LogP contribution in [0.5, 0.6) is 0 Å². The first-order valence-electron chi connectivity index (χ1n) is 7.79. The summed E-state index contributed by atoms with van der Waals surface area (Å²) in [5.41, 5.74) is 2.99. The normalized spacial score (nSPS) is 11.9. The Hall–Kier alpha value is -2.59. The van der Waals surface area contributed by atoms with E-state index in [-0.39, 0.29) is 11.9 Å². The lowest BCUT2D eigenvalue weighted by Gasteiger charge is -2.20. The first-order valence-corrected chi connectivity index (χ1v) is 8.17. The lowest BCUT2D eigenvalue weighted by Crippen LogP contribution is -2.29. The molecule has 5 heteroatoms. The van der Waals surface area contributed by atoms with Gasteiger partial charge in [-0.05, 0) is 29.7 Å². The van der Waals surface area contributed by atoms with E-state index >= 15 is 0 Å². The van der Waals surface area contributed by atoms with Gasteiger partial charge in [-0.1, -0.05) is 54.1 Å². The van der Waals surface area contributed by atoms with Gasteiger partial charge in [0.05, 0.1) is 12.4 Å². The summed E-state index contributed by atoms with van der Waals surface area (Å²) in [5.74, 6) is -0.00611. The van der Waals surface area contributed by atoms with Crippen LogP contribution in [-0.2, 0) is 11.2 Å². The fourth-order valence-electron chi connectivity index (χ4n) is 2.56. The second-order valence-corrected chi connectivity index (χ2v) is 5.98. The SMILES string of the molecule is O=C(CCc1cnc[nH]1)N[C@H](c1ccccc1)c1ccc(Cl)cc1. The van der Waals surface area contributed by atoms with E-state index in [1.807, 2.05) is 54.6 Å². The van der Waals surface area contributed by atoms with Crippen molar-refractivity contribution in [2.75, 3.05) is 0 Å². The number of carbonyl (C=O) groups excluding carboxylic acids is 1. The Balaban J connectivity index is 1.74. The molecule has 2 N–H and O–H groups in total. The van der Waals surface area contributed by atoms with E-state index in [0.717, 1.165) is 16.8 Å². The number of nitrogens with one attached hydrogen (secondary N) is 2. The van der Waals surface area contributed by atoms with Crippen LogP contribution in [0.2, 0.25) is 5.02 Å². The lowest BCUT2D eigenvalue weighted by atomic mass is 9.98. The van der Waals surface area contributed by atoms with E-state index in [9.17, 15) is 4.79 Å². The molecule has 0 aliphatic carbocycles. The minimum Gasteiger partial charge on any atom is -0.348 e. The topological polar surface area (TPSA) is 57.8 Å². The Morgan fingerprint density at radius 1 is 1.08 bits per heavy atom. The van der Waals surface area contributed by atoms with Gasteiger partial charge in [-0.25, -0.2) is 4.98 Å². The van der Waals surface area contributed by atoms with Crippen LogP contribution in [0.3, 0.4) is 0 Å². The molecule has 0 bridgehead atoms. The van der Waals surface area contributed by atoms with Crippen LogP contribution >= 0.6 is 11.6 Å². The van der Waals surface area contributed by atoms with Crippen molar-refractivity contribution in [3.63, 3.8) is 0 Å². The predicted molar refractivity (Wildman–Crippen MR) is 94.8 cm³/mol. The number of carbonyl (C=O) groups is 1. The van der Waals surface area contributed by atoms with E-state index < -0.39 is 0 Å². The number of nitrogens with zero attached hydrogens (tertiary/aromatic N) is 1. The van der Waals surface area contributed by atoms with Crippen molar-refractivity contribution < 1.29 is 4.79 Å². The summed E-state index contributed by atoms with van der Waals surface area (Å²) in [7, 11) is 0. The number of H-pyrrole nitrogens is 1. The maximum absolute atomic E-state index is 12.4. The molecule has 0 saturated carbocycles. The molecule has 4 nitrogen and oxygen atoms in total. The van der Waals surface area contributed by atoms with Crippen LogP contribution < -0.4 is 5.32 Å². The van der Waals surface area contributed by atoms with Gasteiger partial charge in [0.1, 0.15) is 0 Å². The van der Waals surface area contributed by atoms with E-state index in [1.54, 1.807) is 12.5 Å². The molecule has 0 spiro atoms. The van der Waals surface area contributed by atoms with Gasteiger partial charge >= 0.3 is 0 Å². The Bertz CT molecular complexity index is 770. The van der Waals surface area contributed by atoms with Gasteiger partial charge in [0.25, 0.3) is 0 Å². The van der Waals surface area contributed by atoms with Crippen LogP contribution in [0.15, 0.2) is 67.1 Å². The number of hydrogen-bond acceptors (Lipinski definition) is 2. The second-order valence-electron chi connectivity index (χ2n) is 5.54. The first kappa shape index (κ1) is 16.3.